The Morgan fingerprint density at radius 2 is 2.27 bits per heavy atom. The third kappa shape index (κ3) is 24.7. The maximum Gasteiger partial charge on any atom is 2.00 e. The first-order valence-electron chi connectivity index (χ1n) is 3.96. The van der Waals surface area contributed by atoms with E-state index >= 15 is 0 Å². The predicted molar refractivity (Wildman–Crippen MR) is 57.2 cm³/mol. The van der Waals surface area contributed by atoms with Gasteiger partial charge in [-0.15, -0.1) is 6.58 Å². The van der Waals surface area contributed by atoms with Gasteiger partial charge in [0.15, 0.2) is 0 Å². The van der Waals surface area contributed by atoms with Crippen LogP contribution in [0.4, 0.5) is 0 Å². The molecule has 0 aromatic rings. The first-order chi connectivity index (χ1) is 6.58. The van der Waals surface area contributed by atoms with Crippen molar-refractivity contribution in [2.75, 3.05) is 13.2 Å². The minimum Gasteiger partial charge on any atom is -0.499 e. The van der Waals surface area contributed by atoms with E-state index in [1.807, 2.05) is 0 Å². The molecule has 0 aliphatic carbocycles. The Bertz CT molecular complexity index is 196. The van der Waals surface area contributed by atoms with E-state index in [4.69, 9.17) is 11.5 Å². The maximum atomic E-state index is 9.78. The third-order valence-corrected chi connectivity index (χ3v) is 0.879. The SMILES string of the molecule is C=CCN=C(N)[CH-]N.[CH2-]COC(C)=O.[U+2]. The number of rotatable bonds is 4. The molecule has 0 unspecified atom stereocenters. The van der Waals surface area contributed by atoms with Crippen LogP contribution < -0.4 is 11.5 Å². The summed E-state index contributed by atoms with van der Waals surface area (Å²) >= 11 is 0. The Morgan fingerprint density at radius 3 is 2.47 bits per heavy atom. The summed E-state index contributed by atoms with van der Waals surface area (Å²) in [4.78, 5) is 13.5. The second-order valence-corrected chi connectivity index (χ2v) is 2.06. The predicted octanol–water partition coefficient (Wildman–Crippen LogP) is 0.0337. The number of hydrogen-bond acceptors (Lipinski definition) is 4. The van der Waals surface area contributed by atoms with Crippen molar-refractivity contribution in [1.82, 2.24) is 0 Å². The van der Waals surface area contributed by atoms with Crippen LogP contribution in [-0.2, 0) is 9.53 Å². The summed E-state index contributed by atoms with van der Waals surface area (Å²) < 4.78 is 4.29. The number of ether oxygens (including phenoxy) is 1. The molecular formula is C9H17N3O2U. The number of carbonyl (C=O) groups excluding carboxylic acids is 1. The van der Waals surface area contributed by atoms with Crippen LogP contribution in [0, 0.1) is 44.6 Å². The summed E-state index contributed by atoms with van der Waals surface area (Å²) in [6.07, 6.45) is 1.65. The van der Waals surface area contributed by atoms with Crippen LogP contribution in [0.5, 0.6) is 0 Å². The van der Waals surface area contributed by atoms with Crippen LogP contribution in [0.1, 0.15) is 6.92 Å². The third-order valence-electron chi connectivity index (χ3n) is 0.879. The minimum absolute atomic E-state index is 0. The molecule has 84 valence electrons. The van der Waals surface area contributed by atoms with Gasteiger partial charge in [-0.2, -0.15) is 0 Å². The molecule has 0 aliphatic heterocycles. The quantitative estimate of drug-likeness (QED) is 0.214. The molecule has 0 saturated carbocycles. The molecule has 0 aromatic carbocycles. The van der Waals surface area contributed by atoms with Crippen LogP contribution in [0.2, 0.25) is 0 Å². The van der Waals surface area contributed by atoms with E-state index in [0.717, 1.165) is 0 Å². The summed E-state index contributed by atoms with van der Waals surface area (Å²) in [5.74, 6) is 0.0786. The summed E-state index contributed by atoms with van der Waals surface area (Å²) in [6.45, 7) is 10.1. The molecule has 0 saturated heterocycles. The first kappa shape index (κ1) is 20.0. The average Bonchev–Trinajstić information content (AvgIpc) is 2.15. The van der Waals surface area contributed by atoms with E-state index in [0.29, 0.717) is 12.4 Å². The van der Waals surface area contributed by atoms with Crippen molar-refractivity contribution in [3.63, 3.8) is 0 Å². The van der Waals surface area contributed by atoms with Crippen LogP contribution in [0.3, 0.4) is 0 Å². The minimum atomic E-state index is -0.273. The molecule has 0 amide bonds. The Morgan fingerprint density at radius 1 is 1.73 bits per heavy atom. The van der Waals surface area contributed by atoms with Gasteiger partial charge in [0.25, 0.3) is 5.97 Å². The summed E-state index contributed by atoms with van der Waals surface area (Å²) in [7, 11) is 0. The van der Waals surface area contributed by atoms with Gasteiger partial charge in [-0.25, -0.2) is 0 Å². The summed E-state index contributed by atoms with van der Waals surface area (Å²) in [5.41, 5.74) is 10.2. The number of hydrogen-bond donors (Lipinski definition) is 2. The smallest absolute Gasteiger partial charge is 0.499 e. The number of carbonyl (C=O) groups is 1. The van der Waals surface area contributed by atoms with Gasteiger partial charge in [-0.1, -0.05) is 6.08 Å². The van der Waals surface area contributed by atoms with Crippen molar-refractivity contribution < 1.29 is 40.6 Å². The second-order valence-electron chi connectivity index (χ2n) is 2.06. The zero-order valence-corrected chi connectivity index (χ0v) is 13.1. The van der Waals surface area contributed by atoms with Crippen molar-refractivity contribution in [2.45, 2.75) is 6.92 Å². The topological polar surface area (TPSA) is 90.7 Å². The van der Waals surface area contributed by atoms with Crippen LogP contribution in [0.25, 0.3) is 0 Å². The number of esters is 1. The van der Waals surface area contributed by atoms with Gasteiger partial charge in [0, 0.05) is 6.92 Å². The van der Waals surface area contributed by atoms with Crippen LogP contribution in [0.15, 0.2) is 17.6 Å². The Kier molecular flexibility index (Phi) is 21.4. The molecule has 15 heavy (non-hydrogen) atoms. The van der Waals surface area contributed by atoms with Crippen molar-refractivity contribution in [3.8, 4) is 0 Å². The average molecular weight is 437 g/mol. The second kappa shape index (κ2) is 16.0. The van der Waals surface area contributed by atoms with Crippen molar-refractivity contribution in [3.05, 3.63) is 26.1 Å². The number of nitrogens with two attached hydrogens (primary N) is 2. The van der Waals surface area contributed by atoms with Gasteiger partial charge in [0.1, 0.15) is 0 Å². The number of aliphatic imine (C=N–C) groups is 1. The zero-order valence-electron chi connectivity index (χ0n) is 8.90. The molecule has 0 rings (SSSR count). The van der Waals surface area contributed by atoms with Gasteiger partial charge in [-0.3, -0.25) is 11.3 Å². The molecule has 0 bridgehead atoms. The zero-order chi connectivity index (χ0) is 11.4. The molecule has 4 N–H and O–H groups in total. The molecule has 0 radical (unpaired) electrons. The fraction of sp³-hybridized carbons (Fsp3) is 0.333. The molecule has 5 nitrogen and oxygen atoms in total. The van der Waals surface area contributed by atoms with E-state index in [-0.39, 0.29) is 43.7 Å². The Hall–Kier alpha value is -0.438. The molecule has 0 spiro atoms. The maximum absolute atomic E-state index is 9.78. The molecular weight excluding hydrogens is 420 g/mol. The molecule has 0 aliphatic rings. The largest absolute Gasteiger partial charge is 2.00 e. The van der Waals surface area contributed by atoms with Crippen molar-refractivity contribution in [2.24, 2.45) is 16.5 Å². The fourth-order valence-corrected chi connectivity index (χ4v) is 0.366. The first-order valence-corrected chi connectivity index (χ1v) is 3.96. The van der Waals surface area contributed by atoms with Crippen molar-refractivity contribution >= 4 is 11.8 Å². The Labute approximate surface area is 115 Å². The van der Waals surface area contributed by atoms with Crippen LogP contribution in [-0.4, -0.2) is 25.0 Å². The normalized spacial score (nSPS) is 8.87. The molecule has 0 fully saturated rings. The van der Waals surface area contributed by atoms with E-state index in [2.05, 4.69) is 23.2 Å². The molecule has 0 heterocycles. The van der Waals surface area contributed by atoms with E-state index < -0.39 is 0 Å². The van der Waals surface area contributed by atoms with Gasteiger partial charge < -0.3 is 28.1 Å². The molecule has 6 heteroatoms. The molecule has 0 atom stereocenters. The van der Waals surface area contributed by atoms with Gasteiger partial charge >= 0.3 is 31.1 Å². The summed E-state index contributed by atoms with van der Waals surface area (Å²) in [5, 5.41) is 0. The van der Waals surface area contributed by atoms with Gasteiger partial charge in [-0.05, 0) is 12.4 Å². The fourth-order valence-electron chi connectivity index (χ4n) is 0.366. The number of amidine groups is 1. The summed E-state index contributed by atoms with van der Waals surface area (Å²) in [6, 6.07) is 0. The van der Waals surface area contributed by atoms with Crippen LogP contribution >= 0.6 is 0 Å². The van der Waals surface area contributed by atoms with E-state index in [1.54, 1.807) is 6.08 Å². The van der Waals surface area contributed by atoms with E-state index in [9.17, 15) is 4.79 Å². The van der Waals surface area contributed by atoms with Gasteiger partial charge in [0.05, 0.1) is 6.54 Å². The van der Waals surface area contributed by atoms with Gasteiger partial charge in [0.2, 0.25) is 0 Å². The molecule has 0 aromatic heterocycles. The monoisotopic (exact) mass is 437 g/mol. The van der Waals surface area contributed by atoms with E-state index in [1.165, 1.54) is 13.5 Å². The number of nitrogens with zero attached hydrogens (tertiary/aromatic N) is 1. The Balaban J connectivity index is -0.000000187. The van der Waals surface area contributed by atoms with Crippen molar-refractivity contribution in [1.29, 1.82) is 0 Å². The standard InChI is InChI=1S/C5H10N3.C4H7O2.U/c1-2-3-8-5(7)4-6;1-3-6-4(2)5;/h2,4H,1,3,6H2,(H2,7,8);1,3H2,2H3;/q2*-1;+2.